The minimum Gasteiger partial charge on any atom is -0.465 e. The van der Waals surface area contributed by atoms with E-state index in [1.807, 2.05) is 49.4 Å². The lowest BCUT2D eigenvalue weighted by molar-refractivity contribution is 0.0599. The predicted molar refractivity (Wildman–Crippen MR) is 120 cm³/mol. The van der Waals surface area contributed by atoms with Gasteiger partial charge in [0.05, 0.1) is 25.3 Å². The maximum atomic E-state index is 13.3. The van der Waals surface area contributed by atoms with Gasteiger partial charge < -0.3 is 14.8 Å². The van der Waals surface area contributed by atoms with Crippen molar-refractivity contribution in [2.45, 2.75) is 13.1 Å². The van der Waals surface area contributed by atoms with Crippen molar-refractivity contribution in [2.24, 2.45) is 0 Å². The number of aryl methyl sites for hydroxylation is 1. The van der Waals surface area contributed by atoms with Crippen molar-refractivity contribution >= 4 is 29.2 Å². The third-order valence-corrected chi connectivity index (χ3v) is 5.42. The molecule has 0 radical (unpaired) electrons. The number of hydrogen-bond acceptors (Lipinski definition) is 6. The smallest absolute Gasteiger partial charge is 0.337 e. The predicted octanol–water partition coefficient (Wildman–Crippen LogP) is 4.34. The summed E-state index contributed by atoms with van der Waals surface area (Å²) in [5.41, 5.74) is 3.95. The topological polar surface area (TPSA) is 84.9 Å². The first-order chi connectivity index (χ1) is 15.4. The number of nitrogens with zero attached hydrogens (tertiary/aromatic N) is 1. The number of carbonyl (C=O) groups excluding carboxylic acids is 3. The Morgan fingerprint density at radius 3 is 2.09 bits per heavy atom. The molecule has 3 aromatic carbocycles. The average molecular weight is 430 g/mol. The standard InChI is InChI=1S/C25H22N2O5/c1-15-8-4-7-11-21(15)27-22(19-9-5-6-10-20(19)23(27)28)26-18-13-16(24(29)31-2)12-17(14-18)25(30)32-3/h4-14,22,26H,1-3H3/t22-/m1/s1. The summed E-state index contributed by atoms with van der Waals surface area (Å²) in [6, 6.07) is 19.6. The van der Waals surface area contributed by atoms with Gasteiger partial charge in [-0.25, -0.2) is 9.59 Å². The number of rotatable bonds is 5. The van der Waals surface area contributed by atoms with E-state index in [1.54, 1.807) is 23.1 Å². The molecule has 0 spiro atoms. The van der Waals surface area contributed by atoms with Crippen LogP contribution in [0.15, 0.2) is 66.7 Å². The van der Waals surface area contributed by atoms with Gasteiger partial charge in [-0.2, -0.15) is 0 Å². The average Bonchev–Trinajstić information content (AvgIpc) is 3.09. The highest BCUT2D eigenvalue weighted by molar-refractivity contribution is 6.11. The number of fused-ring (bicyclic) bond motifs is 1. The third kappa shape index (κ3) is 3.69. The molecule has 0 fully saturated rings. The summed E-state index contributed by atoms with van der Waals surface area (Å²) in [7, 11) is 2.54. The van der Waals surface area contributed by atoms with Gasteiger partial charge >= 0.3 is 11.9 Å². The molecule has 0 saturated carbocycles. The fraction of sp³-hybridized carbons (Fsp3) is 0.160. The molecular formula is C25H22N2O5. The third-order valence-electron chi connectivity index (χ3n) is 5.42. The molecule has 7 nitrogen and oxygen atoms in total. The Labute approximate surface area is 185 Å². The maximum absolute atomic E-state index is 13.3. The molecule has 0 aliphatic carbocycles. The van der Waals surface area contributed by atoms with Crippen molar-refractivity contribution < 1.29 is 23.9 Å². The number of nitrogens with one attached hydrogen (secondary N) is 1. The van der Waals surface area contributed by atoms with Gasteiger partial charge in [0.15, 0.2) is 0 Å². The van der Waals surface area contributed by atoms with Crippen molar-refractivity contribution in [1.29, 1.82) is 0 Å². The van der Waals surface area contributed by atoms with Gasteiger partial charge in [0.25, 0.3) is 5.91 Å². The second-order valence-corrected chi connectivity index (χ2v) is 7.38. The van der Waals surface area contributed by atoms with Crippen molar-refractivity contribution in [2.75, 3.05) is 24.4 Å². The van der Waals surface area contributed by atoms with E-state index in [4.69, 9.17) is 9.47 Å². The lowest BCUT2D eigenvalue weighted by Gasteiger charge is -2.28. The molecule has 0 aromatic heterocycles. The molecule has 4 rings (SSSR count). The van der Waals surface area contributed by atoms with Gasteiger partial charge in [0, 0.05) is 22.5 Å². The van der Waals surface area contributed by atoms with Crippen LogP contribution < -0.4 is 10.2 Å². The Bertz CT molecular complexity index is 1190. The van der Waals surface area contributed by atoms with Crippen LogP contribution in [-0.4, -0.2) is 32.1 Å². The molecule has 1 aliphatic heterocycles. The SMILES string of the molecule is COC(=O)c1cc(N[C@H]2c3ccccc3C(=O)N2c2ccccc2C)cc(C(=O)OC)c1. The van der Waals surface area contributed by atoms with E-state index in [-0.39, 0.29) is 17.0 Å². The zero-order valence-electron chi connectivity index (χ0n) is 17.9. The highest BCUT2D eigenvalue weighted by Crippen LogP contribution is 2.39. The van der Waals surface area contributed by atoms with Crippen molar-refractivity contribution in [3.8, 4) is 0 Å². The number of methoxy groups -OCH3 is 2. The number of ether oxygens (including phenoxy) is 2. The molecule has 7 heteroatoms. The second kappa shape index (κ2) is 8.55. The van der Waals surface area contributed by atoms with E-state index in [1.165, 1.54) is 20.3 Å². The van der Waals surface area contributed by atoms with Gasteiger partial charge in [-0.1, -0.05) is 36.4 Å². The monoisotopic (exact) mass is 430 g/mol. The zero-order chi connectivity index (χ0) is 22.8. The van der Waals surface area contributed by atoms with Crippen LogP contribution in [0, 0.1) is 6.92 Å². The quantitative estimate of drug-likeness (QED) is 0.606. The van der Waals surface area contributed by atoms with Crippen LogP contribution in [0.3, 0.4) is 0 Å². The molecule has 1 atom stereocenters. The Kier molecular flexibility index (Phi) is 5.64. The number of para-hydroxylation sites is 1. The van der Waals surface area contributed by atoms with E-state index in [0.717, 1.165) is 16.8 Å². The van der Waals surface area contributed by atoms with Crippen LogP contribution >= 0.6 is 0 Å². The van der Waals surface area contributed by atoms with E-state index < -0.39 is 18.1 Å². The Morgan fingerprint density at radius 2 is 1.47 bits per heavy atom. The first-order valence-corrected chi connectivity index (χ1v) is 10.0. The number of amides is 1. The van der Waals surface area contributed by atoms with Crippen LogP contribution in [0.2, 0.25) is 0 Å². The van der Waals surface area contributed by atoms with Crippen molar-refractivity contribution in [3.63, 3.8) is 0 Å². The highest BCUT2D eigenvalue weighted by atomic mass is 16.5. The highest BCUT2D eigenvalue weighted by Gasteiger charge is 2.38. The van der Waals surface area contributed by atoms with Gasteiger partial charge in [0.1, 0.15) is 6.17 Å². The molecule has 0 saturated heterocycles. The van der Waals surface area contributed by atoms with Gasteiger partial charge in [-0.3, -0.25) is 9.69 Å². The van der Waals surface area contributed by atoms with Gasteiger partial charge in [-0.05, 0) is 42.8 Å². The molecule has 0 unspecified atom stereocenters. The Hall–Kier alpha value is -4.13. The fourth-order valence-corrected chi connectivity index (χ4v) is 3.88. The van der Waals surface area contributed by atoms with E-state index in [9.17, 15) is 14.4 Å². The number of hydrogen-bond donors (Lipinski definition) is 1. The fourth-order valence-electron chi connectivity index (χ4n) is 3.88. The summed E-state index contributed by atoms with van der Waals surface area (Å²) >= 11 is 0. The van der Waals surface area contributed by atoms with E-state index in [2.05, 4.69) is 5.32 Å². The van der Waals surface area contributed by atoms with E-state index in [0.29, 0.717) is 11.3 Å². The van der Waals surface area contributed by atoms with Crippen LogP contribution in [0.5, 0.6) is 0 Å². The number of esters is 2. The summed E-state index contributed by atoms with van der Waals surface area (Å²) in [6.45, 7) is 1.94. The lowest BCUT2D eigenvalue weighted by Crippen LogP contribution is -2.32. The normalized spacial score (nSPS) is 14.7. The molecule has 32 heavy (non-hydrogen) atoms. The zero-order valence-corrected chi connectivity index (χ0v) is 17.9. The Balaban J connectivity index is 1.82. The molecular weight excluding hydrogens is 408 g/mol. The first kappa shape index (κ1) is 21.1. The minimum atomic E-state index is -0.586. The summed E-state index contributed by atoms with van der Waals surface area (Å²) in [5, 5.41) is 3.33. The Morgan fingerprint density at radius 1 is 0.875 bits per heavy atom. The number of anilines is 2. The maximum Gasteiger partial charge on any atom is 0.337 e. The molecule has 1 N–H and O–H groups in total. The van der Waals surface area contributed by atoms with Gasteiger partial charge in [0.2, 0.25) is 0 Å². The molecule has 162 valence electrons. The molecule has 1 aliphatic rings. The summed E-state index contributed by atoms with van der Waals surface area (Å²) < 4.78 is 9.65. The molecule has 0 bridgehead atoms. The lowest BCUT2D eigenvalue weighted by atomic mass is 10.1. The first-order valence-electron chi connectivity index (χ1n) is 10.0. The molecule has 3 aromatic rings. The molecule has 1 amide bonds. The summed E-state index contributed by atoms with van der Waals surface area (Å²) in [4.78, 5) is 39.4. The minimum absolute atomic E-state index is 0.135. The molecule has 1 heterocycles. The number of benzene rings is 3. The van der Waals surface area contributed by atoms with Crippen LogP contribution in [0.1, 0.15) is 48.4 Å². The van der Waals surface area contributed by atoms with Crippen molar-refractivity contribution in [3.05, 3.63) is 94.5 Å². The van der Waals surface area contributed by atoms with Crippen molar-refractivity contribution in [1.82, 2.24) is 0 Å². The summed E-state index contributed by atoms with van der Waals surface area (Å²) in [5.74, 6) is -1.31. The summed E-state index contributed by atoms with van der Waals surface area (Å²) in [6.07, 6.45) is -0.543. The largest absolute Gasteiger partial charge is 0.465 e. The van der Waals surface area contributed by atoms with E-state index >= 15 is 0 Å². The van der Waals surface area contributed by atoms with Gasteiger partial charge in [-0.15, -0.1) is 0 Å². The van der Waals surface area contributed by atoms with Crippen LogP contribution in [0.4, 0.5) is 11.4 Å². The second-order valence-electron chi connectivity index (χ2n) is 7.38. The van der Waals surface area contributed by atoms with Crippen LogP contribution in [0.25, 0.3) is 0 Å². The van der Waals surface area contributed by atoms with Crippen LogP contribution in [-0.2, 0) is 9.47 Å². The number of carbonyl (C=O) groups is 3.